The molecule has 0 amide bonds. The van der Waals surface area contributed by atoms with Crippen molar-refractivity contribution in [2.45, 2.75) is 70.2 Å². The van der Waals surface area contributed by atoms with E-state index in [-0.39, 0.29) is 6.04 Å². The third kappa shape index (κ3) is 8.77. The molecule has 0 unspecified atom stereocenters. The van der Waals surface area contributed by atoms with Gasteiger partial charge in [-0.05, 0) is 97.1 Å². The van der Waals surface area contributed by atoms with Gasteiger partial charge in [-0.2, -0.15) is 0 Å². The van der Waals surface area contributed by atoms with Crippen molar-refractivity contribution in [1.29, 1.82) is 0 Å². The lowest BCUT2D eigenvalue weighted by atomic mass is 9.86. The molecule has 0 radical (unpaired) electrons. The molecule has 1 aromatic carbocycles. The summed E-state index contributed by atoms with van der Waals surface area (Å²) in [5.41, 5.74) is 7.86. The Morgan fingerprint density at radius 2 is 1.90 bits per heavy atom. The molecule has 1 aromatic rings. The largest absolute Gasteiger partial charge is 0.389 e. The average Bonchev–Trinajstić information content (AvgIpc) is 2.68. The van der Waals surface area contributed by atoms with Crippen LogP contribution in [0.15, 0.2) is 24.3 Å². The average molecular weight is 469 g/mol. The fourth-order valence-electron chi connectivity index (χ4n) is 3.87. The molecule has 0 spiro atoms. The van der Waals surface area contributed by atoms with Crippen molar-refractivity contribution in [3.05, 3.63) is 35.4 Å². The van der Waals surface area contributed by atoms with E-state index >= 15 is 0 Å². The van der Waals surface area contributed by atoms with E-state index in [9.17, 15) is 8.42 Å². The molecule has 2 rings (SSSR count). The molecule has 1 fully saturated rings. The Bertz CT molecular complexity index is 813. The minimum atomic E-state index is -3.26. The minimum Gasteiger partial charge on any atom is -0.389 e. The Hall–Kier alpha value is -1.06. The van der Waals surface area contributed by atoms with Gasteiger partial charge in [-0.15, -0.1) is 0 Å². The summed E-state index contributed by atoms with van der Waals surface area (Å²) in [6.45, 7) is 9.14. The van der Waals surface area contributed by atoms with E-state index in [1.165, 1.54) is 5.56 Å². The predicted molar refractivity (Wildman–Crippen MR) is 134 cm³/mol. The maximum Gasteiger partial charge on any atom is 0.216 e. The highest BCUT2D eigenvalue weighted by Crippen LogP contribution is 2.25. The van der Waals surface area contributed by atoms with Crippen molar-refractivity contribution in [1.82, 2.24) is 14.9 Å². The van der Waals surface area contributed by atoms with Gasteiger partial charge in [-0.1, -0.05) is 30.4 Å². The number of hydrogen-bond donors (Lipinski definition) is 3. The van der Waals surface area contributed by atoms with Crippen LogP contribution in [0.1, 0.15) is 64.0 Å². The molecule has 0 heterocycles. The Morgan fingerprint density at radius 3 is 2.52 bits per heavy atom. The van der Waals surface area contributed by atoms with E-state index in [1.54, 1.807) is 20.8 Å². The summed E-state index contributed by atoms with van der Waals surface area (Å²) in [7, 11) is -1.13. The van der Waals surface area contributed by atoms with E-state index in [2.05, 4.69) is 34.1 Å². The van der Waals surface area contributed by atoms with Gasteiger partial charge in [0.1, 0.15) is 4.99 Å². The number of nitrogens with one attached hydrogen (secondary N) is 2. The van der Waals surface area contributed by atoms with Gasteiger partial charge >= 0.3 is 0 Å². The van der Waals surface area contributed by atoms with Crippen LogP contribution < -0.4 is 15.8 Å². The Balaban J connectivity index is 1.59. The van der Waals surface area contributed by atoms with Crippen LogP contribution in [-0.2, 0) is 16.6 Å². The summed E-state index contributed by atoms with van der Waals surface area (Å²) in [5, 5.41) is 3.59. The number of sulfonamides is 1. The highest BCUT2D eigenvalue weighted by Gasteiger charge is 2.32. The SMILES string of the molecule is CN(CCCNCC1CCC(NS(=O)(=O)C(C)(C)C)CC1)Cc1cccc(C(N)=S)c1. The summed E-state index contributed by atoms with van der Waals surface area (Å²) in [6, 6.07) is 8.20. The second-order valence-corrected chi connectivity index (χ2v) is 12.7. The summed E-state index contributed by atoms with van der Waals surface area (Å²) in [6.07, 6.45) is 5.09. The van der Waals surface area contributed by atoms with Gasteiger partial charge in [0, 0.05) is 18.2 Å². The first kappa shape index (κ1) is 26.2. The van der Waals surface area contributed by atoms with E-state index < -0.39 is 14.8 Å². The molecule has 8 heteroatoms. The summed E-state index contributed by atoms with van der Waals surface area (Å²) in [5.74, 6) is 0.635. The van der Waals surface area contributed by atoms with Crippen molar-refractivity contribution in [2.75, 3.05) is 26.7 Å². The van der Waals surface area contributed by atoms with Gasteiger partial charge in [0.25, 0.3) is 0 Å². The number of rotatable bonds is 11. The first-order valence-electron chi connectivity index (χ1n) is 11.3. The lowest BCUT2D eigenvalue weighted by Gasteiger charge is -2.31. The Kier molecular flexibility index (Phi) is 9.89. The summed E-state index contributed by atoms with van der Waals surface area (Å²) in [4.78, 5) is 2.75. The lowest BCUT2D eigenvalue weighted by molar-refractivity contribution is 0.292. The second-order valence-electron chi connectivity index (χ2n) is 9.81. The Morgan fingerprint density at radius 1 is 1.23 bits per heavy atom. The lowest BCUT2D eigenvalue weighted by Crippen LogP contribution is -2.46. The van der Waals surface area contributed by atoms with Crippen LogP contribution in [0.4, 0.5) is 0 Å². The van der Waals surface area contributed by atoms with Crippen LogP contribution in [0.25, 0.3) is 0 Å². The summed E-state index contributed by atoms with van der Waals surface area (Å²) < 4.78 is 26.8. The Labute approximate surface area is 194 Å². The third-order valence-corrected chi connectivity index (χ3v) is 8.46. The molecule has 31 heavy (non-hydrogen) atoms. The van der Waals surface area contributed by atoms with Crippen molar-refractivity contribution >= 4 is 27.2 Å². The molecule has 1 aliphatic carbocycles. The molecule has 0 saturated heterocycles. The molecular formula is C23H40N4O2S2. The molecule has 0 aliphatic heterocycles. The van der Waals surface area contributed by atoms with Crippen molar-refractivity contribution in [3.63, 3.8) is 0 Å². The highest BCUT2D eigenvalue weighted by molar-refractivity contribution is 7.90. The second kappa shape index (κ2) is 11.7. The van der Waals surface area contributed by atoms with Crippen LogP contribution in [-0.4, -0.2) is 55.8 Å². The molecule has 1 aliphatic rings. The van der Waals surface area contributed by atoms with Gasteiger partial charge in [0.2, 0.25) is 10.0 Å². The van der Waals surface area contributed by atoms with Gasteiger partial charge in [-0.3, -0.25) is 0 Å². The van der Waals surface area contributed by atoms with E-state index in [0.29, 0.717) is 10.9 Å². The highest BCUT2D eigenvalue weighted by atomic mass is 32.2. The fraction of sp³-hybridized carbons (Fsp3) is 0.696. The third-order valence-electron chi connectivity index (χ3n) is 5.97. The van der Waals surface area contributed by atoms with Gasteiger partial charge in [-0.25, -0.2) is 13.1 Å². The minimum absolute atomic E-state index is 0.0845. The van der Waals surface area contributed by atoms with Crippen LogP contribution in [0.3, 0.4) is 0 Å². The maximum atomic E-state index is 12.3. The quantitative estimate of drug-likeness (QED) is 0.342. The van der Waals surface area contributed by atoms with Crippen molar-refractivity contribution in [2.24, 2.45) is 11.7 Å². The molecule has 176 valence electrons. The van der Waals surface area contributed by atoms with E-state index in [4.69, 9.17) is 18.0 Å². The molecular weight excluding hydrogens is 428 g/mol. The smallest absolute Gasteiger partial charge is 0.216 e. The van der Waals surface area contributed by atoms with E-state index in [0.717, 1.165) is 63.8 Å². The standard InChI is InChI=1S/C23H40N4O2S2/c1-23(2,3)31(28,29)26-21-11-9-18(10-12-21)16-25-13-6-14-27(4)17-19-7-5-8-20(15-19)22(24)30/h5,7-8,15,18,21,25-26H,6,9-14,16-17H2,1-4H3,(H2,24,30). The molecule has 0 aromatic heterocycles. The molecule has 6 nitrogen and oxygen atoms in total. The number of hydrogen-bond acceptors (Lipinski definition) is 5. The molecule has 4 N–H and O–H groups in total. The van der Waals surface area contributed by atoms with Crippen molar-refractivity contribution in [3.8, 4) is 0 Å². The fourth-order valence-corrected chi connectivity index (χ4v) is 5.03. The number of nitrogens with two attached hydrogens (primary N) is 1. The summed E-state index contributed by atoms with van der Waals surface area (Å²) >= 11 is 5.06. The molecule has 1 saturated carbocycles. The normalized spacial score (nSPS) is 20.2. The monoisotopic (exact) mass is 468 g/mol. The zero-order valence-electron chi connectivity index (χ0n) is 19.5. The van der Waals surface area contributed by atoms with Crippen LogP contribution in [0, 0.1) is 5.92 Å². The van der Waals surface area contributed by atoms with Crippen LogP contribution in [0.2, 0.25) is 0 Å². The van der Waals surface area contributed by atoms with Crippen molar-refractivity contribution < 1.29 is 8.42 Å². The van der Waals surface area contributed by atoms with Gasteiger partial charge in [0.15, 0.2) is 0 Å². The van der Waals surface area contributed by atoms with Crippen LogP contribution in [0.5, 0.6) is 0 Å². The topological polar surface area (TPSA) is 87.5 Å². The maximum absolute atomic E-state index is 12.3. The van der Waals surface area contributed by atoms with E-state index in [1.807, 2.05) is 12.1 Å². The predicted octanol–water partition coefficient (Wildman–Crippen LogP) is 3.01. The zero-order valence-corrected chi connectivity index (χ0v) is 21.1. The molecule has 0 bridgehead atoms. The number of thiocarbonyl (C=S) groups is 1. The first-order chi connectivity index (χ1) is 14.5. The number of benzene rings is 1. The van der Waals surface area contributed by atoms with Gasteiger partial charge < -0.3 is 16.0 Å². The van der Waals surface area contributed by atoms with Crippen LogP contribution >= 0.6 is 12.2 Å². The zero-order chi connectivity index (χ0) is 23.1. The van der Waals surface area contributed by atoms with Gasteiger partial charge in [0.05, 0.1) is 4.75 Å². The first-order valence-corrected chi connectivity index (χ1v) is 13.2. The number of nitrogens with zero attached hydrogens (tertiary/aromatic N) is 1. The molecule has 0 atom stereocenters.